The van der Waals surface area contributed by atoms with Crippen molar-refractivity contribution in [3.63, 3.8) is 0 Å². The topological polar surface area (TPSA) is 29.5 Å². The second-order valence-corrected chi connectivity index (χ2v) is 5.52. The van der Waals surface area contributed by atoms with Crippen molar-refractivity contribution in [1.82, 2.24) is 0 Å². The number of hydrogen-bond donors (Lipinski definition) is 1. The first kappa shape index (κ1) is 12.4. The van der Waals surface area contributed by atoms with Crippen LogP contribution in [0, 0.1) is 6.92 Å². The zero-order valence-corrected chi connectivity index (χ0v) is 11.0. The molecule has 4 heteroatoms. The number of hydrogen-bond acceptors (Lipinski definition) is 3. The molecular weight excluding hydrogens is 256 g/mol. The van der Waals surface area contributed by atoms with Crippen LogP contribution in [0.1, 0.15) is 16.0 Å². The number of halogens is 1. The minimum atomic E-state index is -0.0117. The lowest BCUT2D eigenvalue weighted by molar-refractivity contribution is 0.259. The molecule has 0 aliphatic carbocycles. The molecule has 0 radical (unpaired) electrons. The molecule has 0 atom stereocenters. The number of ether oxygens (including phenoxy) is 1. The fraction of sp³-hybridized carbons (Fsp3) is 0.231. The highest BCUT2D eigenvalue weighted by atomic mass is 35.5. The number of rotatable bonds is 4. The molecule has 1 N–H and O–H groups in total. The lowest BCUT2D eigenvalue weighted by Crippen LogP contribution is -1.99. The van der Waals surface area contributed by atoms with Gasteiger partial charge in [-0.3, -0.25) is 0 Å². The van der Waals surface area contributed by atoms with Crippen LogP contribution in [0.15, 0.2) is 30.3 Å². The van der Waals surface area contributed by atoms with E-state index in [9.17, 15) is 5.11 Å². The molecule has 0 aliphatic heterocycles. The van der Waals surface area contributed by atoms with Crippen LogP contribution < -0.4 is 4.74 Å². The summed E-state index contributed by atoms with van der Waals surface area (Å²) in [5, 5.41) is 9.25. The third-order valence-corrected chi connectivity index (χ3v) is 3.66. The maximum Gasteiger partial charge on any atom is 0.128 e. The van der Waals surface area contributed by atoms with E-state index < -0.39 is 0 Å². The molecule has 0 amide bonds. The van der Waals surface area contributed by atoms with Crippen LogP contribution in [0.5, 0.6) is 5.75 Å². The van der Waals surface area contributed by atoms with Crippen molar-refractivity contribution in [2.45, 2.75) is 20.1 Å². The van der Waals surface area contributed by atoms with Gasteiger partial charge in [-0.05, 0) is 24.6 Å². The van der Waals surface area contributed by atoms with E-state index in [4.69, 9.17) is 16.3 Å². The highest BCUT2D eigenvalue weighted by Gasteiger charge is 2.07. The largest absolute Gasteiger partial charge is 0.487 e. The van der Waals surface area contributed by atoms with Gasteiger partial charge >= 0.3 is 0 Å². The van der Waals surface area contributed by atoms with E-state index in [1.165, 1.54) is 11.3 Å². The van der Waals surface area contributed by atoms with E-state index in [0.717, 1.165) is 26.1 Å². The summed E-state index contributed by atoms with van der Waals surface area (Å²) in [5.41, 5.74) is 1.84. The molecule has 17 heavy (non-hydrogen) atoms. The molecule has 2 rings (SSSR count). The van der Waals surface area contributed by atoms with E-state index >= 15 is 0 Å². The van der Waals surface area contributed by atoms with Crippen molar-refractivity contribution in [2.75, 3.05) is 0 Å². The lowest BCUT2D eigenvalue weighted by Gasteiger charge is -2.11. The Kier molecular flexibility index (Phi) is 4.05. The van der Waals surface area contributed by atoms with Crippen molar-refractivity contribution in [3.05, 3.63) is 50.7 Å². The molecule has 0 spiro atoms. The lowest BCUT2D eigenvalue weighted by atomic mass is 10.1. The number of benzene rings is 1. The summed E-state index contributed by atoms with van der Waals surface area (Å²) >= 11 is 7.36. The summed E-state index contributed by atoms with van der Waals surface area (Å²) in [7, 11) is 0. The smallest absolute Gasteiger partial charge is 0.128 e. The Morgan fingerprint density at radius 2 is 2.12 bits per heavy atom. The Balaban J connectivity index is 2.13. The molecule has 0 unspecified atom stereocenters. The number of para-hydroxylation sites is 1. The Morgan fingerprint density at radius 1 is 1.29 bits per heavy atom. The van der Waals surface area contributed by atoms with Crippen LogP contribution in [0.25, 0.3) is 0 Å². The zero-order valence-electron chi connectivity index (χ0n) is 9.44. The first-order valence-corrected chi connectivity index (χ1v) is 6.46. The first-order valence-electron chi connectivity index (χ1n) is 5.27. The van der Waals surface area contributed by atoms with Crippen LogP contribution >= 0.6 is 22.9 Å². The Hall–Kier alpha value is -1.03. The van der Waals surface area contributed by atoms with Gasteiger partial charge < -0.3 is 9.84 Å². The summed E-state index contributed by atoms with van der Waals surface area (Å²) in [5.74, 6) is 0.763. The average Bonchev–Trinajstić information content (AvgIpc) is 2.73. The predicted molar refractivity (Wildman–Crippen MR) is 70.8 cm³/mol. The molecular formula is C13H13ClO2S. The minimum absolute atomic E-state index is 0.0117. The monoisotopic (exact) mass is 268 g/mol. The third kappa shape index (κ3) is 3.00. The summed E-state index contributed by atoms with van der Waals surface area (Å²) in [6.07, 6.45) is 0. The highest BCUT2D eigenvalue weighted by molar-refractivity contribution is 7.16. The van der Waals surface area contributed by atoms with Gasteiger partial charge in [0.2, 0.25) is 0 Å². The molecule has 90 valence electrons. The van der Waals surface area contributed by atoms with Crippen LogP contribution in [-0.4, -0.2) is 5.11 Å². The van der Waals surface area contributed by atoms with E-state index in [0.29, 0.717) is 6.61 Å². The Bertz CT molecular complexity index is 508. The quantitative estimate of drug-likeness (QED) is 0.914. The third-order valence-electron chi connectivity index (χ3n) is 2.45. The molecule has 0 saturated carbocycles. The molecule has 0 fully saturated rings. The molecule has 0 saturated heterocycles. The molecule has 2 nitrogen and oxygen atoms in total. The van der Waals surface area contributed by atoms with Gasteiger partial charge in [-0.1, -0.05) is 29.8 Å². The van der Waals surface area contributed by atoms with E-state index in [1.54, 1.807) is 0 Å². The zero-order chi connectivity index (χ0) is 12.3. The summed E-state index contributed by atoms with van der Waals surface area (Å²) < 4.78 is 6.51. The summed E-state index contributed by atoms with van der Waals surface area (Å²) in [6, 6.07) is 9.55. The standard InChI is InChI=1S/C13H13ClO2S/c1-9-3-2-4-10(7-15)13(9)16-8-11-5-6-12(14)17-11/h2-6,15H,7-8H2,1H3. The average molecular weight is 269 g/mol. The number of thiophene rings is 1. The fourth-order valence-electron chi connectivity index (χ4n) is 1.62. The normalized spacial score (nSPS) is 10.5. The van der Waals surface area contributed by atoms with E-state index in [2.05, 4.69) is 0 Å². The summed E-state index contributed by atoms with van der Waals surface area (Å²) in [4.78, 5) is 1.07. The maximum atomic E-state index is 9.25. The molecule has 1 aromatic carbocycles. The van der Waals surface area contributed by atoms with E-state index in [-0.39, 0.29) is 6.61 Å². The van der Waals surface area contributed by atoms with Crippen LogP contribution in [0.2, 0.25) is 4.34 Å². The number of aryl methyl sites for hydroxylation is 1. The van der Waals surface area contributed by atoms with Crippen LogP contribution in [0.4, 0.5) is 0 Å². The van der Waals surface area contributed by atoms with Gasteiger partial charge in [0.05, 0.1) is 10.9 Å². The second-order valence-electron chi connectivity index (χ2n) is 3.72. The number of aliphatic hydroxyl groups excluding tert-OH is 1. The molecule has 1 aromatic heterocycles. The molecule has 0 aliphatic rings. The molecule has 1 heterocycles. The first-order chi connectivity index (χ1) is 8.20. The van der Waals surface area contributed by atoms with Crippen molar-refractivity contribution in [2.24, 2.45) is 0 Å². The highest BCUT2D eigenvalue weighted by Crippen LogP contribution is 2.27. The van der Waals surface area contributed by atoms with Crippen LogP contribution in [-0.2, 0) is 13.2 Å². The van der Waals surface area contributed by atoms with Gasteiger partial charge in [-0.15, -0.1) is 11.3 Å². The second kappa shape index (κ2) is 5.54. The van der Waals surface area contributed by atoms with Crippen molar-refractivity contribution in [1.29, 1.82) is 0 Å². The predicted octanol–water partition coefficient (Wildman–Crippen LogP) is 3.78. The van der Waals surface area contributed by atoms with Gasteiger partial charge in [0.25, 0.3) is 0 Å². The van der Waals surface area contributed by atoms with Gasteiger partial charge in [-0.25, -0.2) is 0 Å². The van der Waals surface area contributed by atoms with Crippen LogP contribution in [0.3, 0.4) is 0 Å². The van der Waals surface area contributed by atoms with Gasteiger partial charge in [0, 0.05) is 10.4 Å². The number of aliphatic hydroxyl groups is 1. The Labute approximate surface area is 109 Å². The maximum absolute atomic E-state index is 9.25. The van der Waals surface area contributed by atoms with Crippen molar-refractivity contribution in [3.8, 4) is 5.75 Å². The van der Waals surface area contributed by atoms with Gasteiger partial charge in [-0.2, -0.15) is 0 Å². The fourth-order valence-corrected chi connectivity index (χ4v) is 2.62. The van der Waals surface area contributed by atoms with Gasteiger partial charge in [0.1, 0.15) is 12.4 Å². The molecule has 0 bridgehead atoms. The van der Waals surface area contributed by atoms with Gasteiger partial charge in [0.15, 0.2) is 0 Å². The van der Waals surface area contributed by atoms with Crippen molar-refractivity contribution >= 4 is 22.9 Å². The minimum Gasteiger partial charge on any atom is -0.487 e. The summed E-state index contributed by atoms with van der Waals surface area (Å²) in [6.45, 7) is 2.44. The van der Waals surface area contributed by atoms with E-state index in [1.807, 2.05) is 37.3 Å². The SMILES string of the molecule is Cc1cccc(CO)c1OCc1ccc(Cl)s1. The molecule has 2 aromatic rings. The Morgan fingerprint density at radius 3 is 2.76 bits per heavy atom. The van der Waals surface area contributed by atoms with Crippen molar-refractivity contribution < 1.29 is 9.84 Å².